The molecule has 142 valence electrons. The van der Waals surface area contributed by atoms with Gasteiger partial charge in [-0.05, 0) is 42.8 Å². The number of ether oxygens (including phenoxy) is 1. The Balaban J connectivity index is 1.37. The van der Waals surface area contributed by atoms with Crippen LogP contribution in [0.25, 0.3) is 0 Å². The van der Waals surface area contributed by atoms with Crippen molar-refractivity contribution in [3.63, 3.8) is 0 Å². The summed E-state index contributed by atoms with van der Waals surface area (Å²) in [7, 11) is 0. The predicted molar refractivity (Wildman–Crippen MR) is 106 cm³/mol. The summed E-state index contributed by atoms with van der Waals surface area (Å²) in [5.41, 5.74) is 1.30. The molecule has 2 aromatic carbocycles. The van der Waals surface area contributed by atoms with Crippen molar-refractivity contribution in [2.45, 2.75) is 6.42 Å². The zero-order chi connectivity index (χ0) is 19.1. The molecule has 1 amide bonds. The van der Waals surface area contributed by atoms with Gasteiger partial charge in [-0.3, -0.25) is 14.5 Å². The second-order valence-corrected chi connectivity index (χ2v) is 6.97. The average Bonchev–Trinajstić information content (AvgIpc) is 2.72. The van der Waals surface area contributed by atoms with E-state index >= 15 is 0 Å². The van der Waals surface area contributed by atoms with E-state index in [1.165, 1.54) is 0 Å². The van der Waals surface area contributed by atoms with Gasteiger partial charge in [0.05, 0.1) is 6.61 Å². The lowest BCUT2D eigenvalue weighted by Crippen LogP contribution is -2.49. The summed E-state index contributed by atoms with van der Waals surface area (Å²) in [6.07, 6.45) is 1.72. The Morgan fingerprint density at radius 2 is 1.81 bits per heavy atom. The third-order valence-corrected chi connectivity index (χ3v) is 4.88. The smallest absolute Gasteiger partial charge is 0.253 e. The van der Waals surface area contributed by atoms with Gasteiger partial charge in [0.1, 0.15) is 12.0 Å². The summed E-state index contributed by atoms with van der Waals surface area (Å²) >= 11 is 5.88. The fraction of sp³-hybridized carbons (Fsp3) is 0.333. The highest BCUT2D eigenvalue weighted by atomic mass is 35.5. The van der Waals surface area contributed by atoms with E-state index in [0.717, 1.165) is 51.2 Å². The molecule has 0 N–H and O–H groups in total. The molecule has 0 spiro atoms. The normalized spacial score (nSPS) is 14.8. The molecular formula is C21H23ClN2O3. The van der Waals surface area contributed by atoms with E-state index in [0.29, 0.717) is 22.8 Å². The van der Waals surface area contributed by atoms with Crippen LogP contribution in [0.1, 0.15) is 27.1 Å². The molecule has 0 unspecified atom stereocenters. The second-order valence-electron chi connectivity index (χ2n) is 6.53. The number of halogens is 1. The van der Waals surface area contributed by atoms with Crippen LogP contribution in [0.2, 0.25) is 5.02 Å². The van der Waals surface area contributed by atoms with Crippen molar-refractivity contribution < 1.29 is 14.3 Å². The summed E-state index contributed by atoms with van der Waals surface area (Å²) in [6, 6.07) is 14.2. The van der Waals surface area contributed by atoms with Gasteiger partial charge >= 0.3 is 0 Å². The lowest BCUT2D eigenvalue weighted by molar-refractivity contribution is 0.0630. The maximum absolute atomic E-state index is 12.5. The quantitative estimate of drug-likeness (QED) is 0.540. The summed E-state index contributed by atoms with van der Waals surface area (Å²) in [6.45, 7) is 4.70. The Morgan fingerprint density at radius 1 is 1.07 bits per heavy atom. The first-order valence-electron chi connectivity index (χ1n) is 9.11. The molecule has 1 aliphatic rings. The van der Waals surface area contributed by atoms with E-state index in [-0.39, 0.29) is 5.91 Å². The number of piperazine rings is 1. The standard InChI is InChI=1S/C21H23ClN2O3/c22-19-7-5-18(6-8-19)21(26)24-12-10-23(11-13-24)9-2-14-27-20-4-1-3-17(15-20)16-25/h1,3-8,15-16H,2,9-14H2. The molecule has 0 saturated carbocycles. The number of carbonyl (C=O) groups is 2. The van der Waals surface area contributed by atoms with Gasteiger partial charge < -0.3 is 9.64 Å². The van der Waals surface area contributed by atoms with Crippen LogP contribution >= 0.6 is 11.6 Å². The lowest BCUT2D eigenvalue weighted by atomic mass is 10.2. The molecule has 0 bridgehead atoms. The number of amides is 1. The molecule has 0 atom stereocenters. The monoisotopic (exact) mass is 386 g/mol. The van der Waals surface area contributed by atoms with Crippen molar-refractivity contribution in [3.8, 4) is 5.75 Å². The maximum Gasteiger partial charge on any atom is 0.253 e. The van der Waals surface area contributed by atoms with Gasteiger partial charge in [-0.25, -0.2) is 0 Å². The van der Waals surface area contributed by atoms with E-state index in [1.54, 1.807) is 36.4 Å². The van der Waals surface area contributed by atoms with Crippen molar-refractivity contribution in [3.05, 3.63) is 64.7 Å². The minimum atomic E-state index is 0.0599. The van der Waals surface area contributed by atoms with Gasteiger partial charge in [-0.15, -0.1) is 0 Å². The molecule has 3 rings (SSSR count). The zero-order valence-electron chi connectivity index (χ0n) is 15.1. The summed E-state index contributed by atoms with van der Waals surface area (Å²) in [4.78, 5) is 27.5. The van der Waals surface area contributed by atoms with E-state index in [4.69, 9.17) is 16.3 Å². The van der Waals surface area contributed by atoms with Crippen LogP contribution in [0, 0.1) is 0 Å². The van der Waals surface area contributed by atoms with E-state index in [9.17, 15) is 9.59 Å². The first kappa shape index (κ1) is 19.4. The van der Waals surface area contributed by atoms with Crippen LogP contribution in [0.15, 0.2) is 48.5 Å². The molecule has 0 aliphatic carbocycles. The molecule has 1 heterocycles. The molecule has 1 saturated heterocycles. The van der Waals surface area contributed by atoms with Crippen LogP contribution in [0.5, 0.6) is 5.75 Å². The van der Waals surface area contributed by atoms with Gasteiger partial charge in [-0.1, -0.05) is 23.7 Å². The van der Waals surface area contributed by atoms with Crippen molar-refractivity contribution in [1.29, 1.82) is 0 Å². The Kier molecular flexibility index (Phi) is 6.85. The molecule has 27 heavy (non-hydrogen) atoms. The molecular weight excluding hydrogens is 364 g/mol. The van der Waals surface area contributed by atoms with Crippen LogP contribution in [0.3, 0.4) is 0 Å². The number of carbonyl (C=O) groups excluding carboxylic acids is 2. The maximum atomic E-state index is 12.5. The highest BCUT2D eigenvalue weighted by Gasteiger charge is 2.21. The number of hydrogen-bond donors (Lipinski definition) is 0. The van der Waals surface area contributed by atoms with Crippen molar-refractivity contribution in [1.82, 2.24) is 9.80 Å². The van der Waals surface area contributed by atoms with Crippen molar-refractivity contribution >= 4 is 23.8 Å². The SMILES string of the molecule is O=Cc1cccc(OCCCN2CCN(C(=O)c3ccc(Cl)cc3)CC2)c1. The highest BCUT2D eigenvalue weighted by molar-refractivity contribution is 6.30. The molecule has 6 heteroatoms. The highest BCUT2D eigenvalue weighted by Crippen LogP contribution is 2.14. The number of nitrogens with zero attached hydrogens (tertiary/aromatic N) is 2. The molecule has 0 radical (unpaired) electrons. The lowest BCUT2D eigenvalue weighted by Gasteiger charge is -2.34. The van der Waals surface area contributed by atoms with Gasteiger partial charge in [0.2, 0.25) is 0 Å². The first-order valence-corrected chi connectivity index (χ1v) is 9.49. The number of rotatable bonds is 7. The van der Waals surface area contributed by atoms with E-state index < -0.39 is 0 Å². The summed E-state index contributed by atoms with van der Waals surface area (Å²) in [5.74, 6) is 0.780. The van der Waals surface area contributed by atoms with Gasteiger partial charge in [0, 0.05) is 48.9 Å². The molecule has 1 fully saturated rings. The van der Waals surface area contributed by atoms with Gasteiger partial charge in [-0.2, -0.15) is 0 Å². The fourth-order valence-corrected chi connectivity index (χ4v) is 3.23. The largest absolute Gasteiger partial charge is 0.494 e. The van der Waals surface area contributed by atoms with E-state index in [1.807, 2.05) is 17.0 Å². The van der Waals surface area contributed by atoms with Gasteiger partial charge in [0.25, 0.3) is 5.91 Å². The minimum Gasteiger partial charge on any atom is -0.494 e. The number of hydrogen-bond acceptors (Lipinski definition) is 4. The fourth-order valence-electron chi connectivity index (χ4n) is 3.11. The Hall–Kier alpha value is -2.37. The predicted octanol–water partition coefficient (Wildman–Crippen LogP) is 3.38. The number of benzene rings is 2. The molecule has 2 aromatic rings. The van der Waals surface area contributed by atoms with Gasteiger partial charge in [0.15, 0.2) is 0 Å². The Bertz CT molecular complexity index is 771. The van der Waals surface area contributed by atoms with Crippen LogP contribution < -0.4 is 4.74 Å². The Labute approximate surface area is 164 Å². The topological polar surface area (TPSA) is 49.9 Å². The molecule has 1 aliphatic heterocycles. The number of aldehydes is 1. The summed E-state index contributed by atoms with van der Waals surface area (Å²) < 4.78 is 5.71. The second kappa shape index (κ2) is 9.53. The van der Waals surface area contributed by atoms with Crippen molar-refractivity contribution in [2.75, 3.05) is 39.3 Å². The van der Waals surface area contributed by atoms with E-state index in [2.05, 4.69) is 4.90 Å². The third-order valence-electron chi connectivity index (χ3n) is 4.63. The third kappa shape index (κ3) is 5.55. The van der Waals surface area contributed by atoms with Crippen LogP contribution in [-0.4, -0.2) is 61.3 Å². The summed E-state index contributed by atoms with van der Waals surface area (Å²) in [5, 5.41) is 0.636. The van der Waals surface area contributed by atoms with Crippen molar-refractivity contribution in [2.24, 2.45) is 0 Å². The average molecular weight is 387 g/mol. The first-order chi connectivity index (χ1) is 13.2. The van der Waals surface area contributed by atoms with Crippen LogP contribution in [-0.2, 0) is 0 Å². The minimum absolute atomic E-state index is 0.0599. The molecule has 5 nitrogen and oxygen atoms in total. The zero-order valence-corrected chi connectivity index (χ0v) is 15.9. The van der Waals surface area contributed by atoms with Crippen LogP contribution in [0.4, 0.5) is 0 Å². The Morgan fingerprint density at radius 3 is 2.52 bits per heavy atom. The molecule has 0 aromatic heterocycles.